The van der Waals surface area contributed by atoms with Gasteiger partial charge in [-0.3, -0.25) is 4.90 Å². The van der Waals surface area contributed by atoms with Crippen molar-refractivity contribution >= 4 is 37.2 Å². The number of hydrogen-bond acceptors (Lipinski definition) is 4. The van der Waals surface area contributed by atoms with E-state index in [-0.39, 0.29) is 5.41 Å². The molecule has 4 aliphatic heterocycles. The third-order valence-corrected chi connectivity index (χ3v) is 8.84. The Morgan fingerprint density at radius 2 is 1.53 bits per heavy atom. The molecule has 0 radical (unpaired) electrons. The molecular formula is C22H25Cl2N3O2S. The lowest BCUT2D eigenvalue weighted by atomic mass is 9.68. The molecule has 2 saturated heterocycles. The van der Waals surface area contributed by atoms with Gasteiger partial charge in [-0.25, -0.2) is 0 Å². The Hall–Kier alpha value is -1.31. The number of benzene rings is 2. The SMILES string of the molecule is O=S(=O)(Cl)N1CCN(c2ccc3c(c2)CN2CCC3(c3ccc(Cl)cc3)CC2)CC1. The second-order valence-electron chi connectivity index (χ2n) is 8.53. The van der Waals surface area contributed by atoms with Gasteiger partial charge in [-0.15, -0.1) is 0 Å². The van der Waals surface area contributed by atoms with Crippen LogP contribution in [0.3, 0.4) is 0 Å². The zero-order valence-electron chi connectivity index (χ0n) is 16.7. The van der Waals surface area contributed by atoms with Gasteiger partial charge < -0.3 is 4.90 Å². The smallest absolute Gasteiger partial charge is 0.299 e. The number of halogens is 2. The first-order chi connectivity index (χ1) is 14.3. The summed E-state index contributed by atoms with van der Waals surface area (Å²) in [5.74, 6) is 0. The van der Waals surface area contributed by atoms with Crippen LogP contribution in [0.25, 0.3) is 0 Å². The van der Waals surface area contributed by atoms with E-state index < -0.39 is 9.24 Å². The normalized spacial score (nSPS) is 27.0. The Morgan fingerprint density at radius 1 is 0.867 bits per heavy atom. The van der Waals surface area contributed by atoms with Crippen LogP contribution in [0, 0.1) is 0 Å². The summed E-state index contributed by atoms with van der Waals surface area (Å²) in [6.45, 7) is 5.30. The molecule has 0 unspecified atom stereocenters. The number of piperazine rings is 1. The zero-order chi connectivity index (χ0) is 20.9. The van der Waals surface area contributed by atoms with Gasteiger partial charge in [-0.1, -0.05) is 29.8 Å². The average molecular weight is 466 g/mol. The van der Waals surface area contributed by atoms with E-state index in [9.17, 15) is 8.42 Å². The van der Waals surface area contributed by atoms with Crippen molar-refractivity contribution in [3.8, 4) is 0 Å². The molecule has 4 heterocycles. The van der Waals surface area contributed by atoms with Crippen LogP contribution in [0.4, 0.5) is 5.69 Å². The molecule has 2 aromatic rings. The predicted molar refractivity (Wildman–Crippen MR) is 122 cm³/mol. The lowest BCUT2D eigenvalue weighted by molar-refractivity contribution is 0.190. The van der Waals surface area contributed by atoms with Gasteiger partial charge in [0.25, 0.3) is 9.24 Å². The Balaban J connectivity index is 1.48. The molecule has 160 valence electrons. The van der Waals surface area contributed by atoms with Crippen molar-refractivity contribution in [2.75, 3.05) is 44.2 Å². The summed E-state index contributed by atoms with van der Waals surface area (Å²) in [5.41, 5.74) is 5.36. The first-order valence-electron chi connectivity index (χ1n) is 10.4. The molecule has 0 amide bonds. The molecule has 2 fully saturated rings. The maximum Gasteiger partial charge on any atom is 0.299 e. The third-order valence-electron chi connectivity index (χ3n) is 7.02. The van der Waals surface area contributed by atoms with E-state index >= 15 is 0 Å². The van der Waals surface area contributed by atoms with Gasteiger partial charge in [0, 0.05) is 59.5 Å². The van der Waals surface area contributed by atoms with Gasteiger partial charge in [-0.2, -0.15) is 12.7 Å². The van der Waals surface area contributed by atoms with Crippen LogP contribution < -0.4 is 4.90 Å². The summed E-state index contributed by atoms with van der Waals surface area (Å²) in [6.07, 6.45) is 2.24. The second kappa shape index (κ2) is 7.68. The maximum atomic E-state index is 11.6. The van der Waals surface area contributed by atoms with Gasteiger partial charge >= 0.3 is 0 Å². The summed E-state index contributed by atoms with van der Waals surface area (Å²) in [4.78, 5) is 4.80. The van der Waals surface area contributed by atoms with E-state index in [4.69, 9.17) is 22.3 Å². The van der Waals surface area contributed by atoms with Crippen molar-refractivity contribution in [2.24, 2.45) is 0 Å². The molecular weight excluding hydrogens is 441 g/mol. The number of piperidine rings is 1. The van der Waals surface area contributed by atoms with Crippen molar-refractivity contribution in [1.29, 1.82) is 0 Å². The summed E-state index contributed by atoms with van der Waals surface area (Å²) in [6, 6.07) is 15.2. The highest BCUT2D eigenvalue weighted by atomic mass is 35.7. The molecule has 30 heavy (non-hydrogen) atoms. The Morgan fingerprint density at radius 3 is 2.17 bits per heavy atom. The molecule has 4 aliphatic rings. The minimum atomic E-state index is -3.64. The van der Waals surface area contributed by atoms with Crippen LogP contribution in [0.2, 0.25) is 5.02 Å². The Kier molecular flexibility index (Phi) is 5.27. The number of fused-ring (bicyclic) bond motifs is 2. The minimum Gasteiger partial charge on any atom is -0.369 e. The number of rotatable bonds is 3. The molecule has 2 bridgehead atoms. The largest absolute Gasteiger partial charge is 0.369 e. The molecule has 6 rings (SSSR count). The van der Waals surface area contributed by atoms with E-state index in [1.807, 2.05) is 12.1 Å². The van der Waals surface area contributed by atoms with Crippen molar-refractivity contribution in [1.82, 2.24) is 9.21 Å². The highest BCUT2D eigenvalue weighted by molar-refractivity contribution is 8.11. The summed E-state index contributed by atoms with van der Waals surface area (Å²) >= 11 is 6.16. The van der Waals surface area contributed by atoms with E-state index in [0.717, 1.165) is 43.2 Å². The first-order valence-corrected chi connectivity index (χ1v) is 13.1. The van der Waals surface area contributed by atoms with E-state index in [1.54, 1.807) is 0 Å². The fourth-order valence-electron chi connectivity index (χ4n) is 5.36. The molecule has 0 atom stereocenters. The molecule has 0 aromatic heterocycles. The monoisotopic (exact) mass is 465 g/mol. The zero-order valence-corrected chi connectivity index (χ0v) is 19.1. The fraction of sp³-hybridized carbons (Fsp3) is 0.455. The standard InChI is InChI=1S/C22H25Cl2N3O2S/c23-19-3-1-18(2-4-19)22-7-9-25(10-8-22)16-17-15-20(5-6-21(17)22)26-11-13-27(14-12-26)30(24,28)29/h1-6,15H,7-14,16H2. The Labute approximate surface area is 187 Å². The molecule has 2 aromatic carbocycles. The molecule has 0 aliphatic carbocycles. The van der Waals surface area contributed by atoms with E-state index in [0.29, 0.717) is 26.2 Å². The second-order valence-corrected chi connectivity index (χ2v) is 11.5. The van der Waals surface area contributed by atoms with Crippen molar-refractivity contribution in [2.45, 2.75) is 24.8 Å². The number of anilines is 1. The van der Waals surface area contributed by atoms with E-state index in [1.165, 1.54) is 21.0 Å². The van der Waals surface area contributed by atoms with Crippen molar-refractivity contribution < 1.29 is 8.42 Å². The Bertz CT molecular complexity index is 1040. The maximum absolute atomic E-state index is 11.6. The van der Waals surface area contributed by atoms with Crippen LogP contribution in [-0.2, 0) is 21.2 Å². The van der Waals surface area contributed by atoms with Gasteiger partial charge in [0.2, 0.25) is 0 Å². The minimum absolute atomic E-state index is 0.0385. The summed E-state index contributed by atoms with van der Waals surface area (Å²) in [7, 11) is 1.87. The summed E-state index contributed by atoms with van der Waals surface area (Å²) in [5, 5.41) is 0.773. The number of nitrogens with zero attached hydrogens (tertiary/aromatic N) is 3. The highest BCUT2D eigenvalue weighted by Gasteiger charge is 2.42. The topological polar surface area (TPSA) is 43.9 Å². The lowest BCUT2D eigenvalue weighted by Crippen LogP contribution is -2.47. The first kappa shape index (κ1) is 20.6. The van der Waals surface area contributed by atoms with Crippen LogP contribution in [0.5, 0.6) is 0 Å². The predicted octanol–water partition coefficient (Wildman–Crippen LogP) is 3.84. The van der Waals surface area contributed by atoms with Crippen molar-refractivity contribution in [3.05, 3.63) is 64.2 Å². The van der Waals surface area contributed by atoms with Crippen molar-refractivity contribution in [3.63, 3.8) is 0 Å². The molecule has 5 nitrogen and oxygen atoms in total. The third kappa shape index (κ3) is 3.63. The molecule has 0 saturated carbocycles. The lowest BCUT2D eigenvalue weighted by Gasteiger charge is -2.40. The van der Waals surface area contributed by atoms with E-state index in [2.05, 4.69) is 40.1 Å². The molecule has 8 heteroatoms. The quantitative estimate of drug-likeness (QED) is 0.645. The number of hydrogen-bond donors (Lipinski definition) is 0. The average Bonchev–Trinajstić information content (AvgIpc) is 3.00. The van der Waals surface area contributed by atoms with Crippen LogP contribution in [-0.4, -0.2) is 56.9 Å². The van der Waals surface area contributed by atoms with Gasteiger partial charge in [0.1, 0.15) is 0 Å². The molecule has 0 spiro atoms. The van der Waals surface area contributed by atoms with Crippen LogP contribution >= 0.6 is 22.3 Å². The van der Waals surface area contributed by atoms with Crippen LogP contribution in [0.15, 0.2) is 42.5 Å². The van der Waals surface area contributed by atoms with Crippen LogP contribution in [0.1, 0.15) is 29.5 Å². The van der Waals surface area contributed by atoms with Gasteiger partial charge in [0.05, 0.1) is 0 Å². The van der Waals surface area contributed by atoms with Gasteiger partial charge in [0.15, 0.2) is 0 Å². The van der Waals surface area contributed by atoms with Gasteiger partial charge in [-0.05, 0) is 66.9 Å². The molecule has 0 N–H and O–H groups in total. The highest BCUT2D eigenvalue weighted by Crippen LogP contribution is 2.47. The summed E-state index contributed by atoms with van der Waals surface area (Å²) < 4.78 is 24.5. The fourth-order valence-corrected chi connectivity index (χ4v) is 6.49.